The lowest BCUT2D eigenvalue weighted by atomic mass is 10.1. The molecule has 0 bridgehead atoms. The van der Waals surface area contributed by atoms with Gasteiger partial charge in [-0.2, -0.15) is 0 Å². The number of aliphatic imine (C=N–C) groups is 1. The number of fused-ring (bicyclic) bond motifs is 1. The van der Waals surface area contributed by atoms with Crippen molar-refractivity contribution in [3.05, 3.63) is 53.6 Å². The summed E-state index contributed by atoms with van der Waals surface area (Å²) in [5.41, 5.74) is 2.94. The van der Waals surface area contributed by atoms with Crippen LogP contribution in [0, 0.1) is 0 Å². The van der Waals surface area contributed by atoms with Crippen LogP contribution in [-0.2, 0) is 16.1 Å². The van der Waals surface area contributed by atoms with E-state index in [0.717, 1.165) is 34.9 Å². The van der Waals surface area contributed by atoms with E-state index < -0.39 is 0 Å². The maximum Gasteiger partial charge on any atom is 0.162 e. The Balaban J connectivity index is 1.42. The van der Waals surface area contributed by atoms with Crippen molar-refractivity contribution in [3.8, 4) is 11.5 Å². The van der Waals surface area contributed by atoms with Gasteiger partial charge in [-0.3, -0.25) is 4.99 Å². The SMILES string of the molecule is C1=Nc2cc(OCc3ccccc3)cc(C3CO3)c2O[C@H]1C1CO1. The molecule has 0 amide bonds. The Labute approximate surface area is 139 Å². The van der Waals surface area contributed by atoms with E-state index in [9.17, 15) is 0 Å². The molecular weight excluding hydrogens is 306 g/mol. The van der Waals surface area contributed by atoms with Gasteiger partial charge in [-0.25, -0.2) is 0 Å². The molecular formula is C19H17NO4. The van der Waals surface area contributed by atoms with Gasteiger partial charge in [0, 0.05) is 17.8 Å². The second-order valence-corrected chi connectivity index (χ2v) is 6.19. The molecule has 3 atom stereocenters. The van der Waals surface area contributed by atoms with E-state index in [-0.39, 0.29) is 18.3 Å². The van der Waals surface area contributed by atoms with Gasteiger partial charge in [-0.1, -0.05) is 30.3 Å². The number of hydrogen-bond donors (Lipinski definition) is 0. The van der Waals surface area contributed by atoms with Crippen LogP contribution in [0.4, 0.5) is 5.69 Å². The second kappa shape index (κ2) is 5.61. The summed E-state index contributed by atoms with van der Waals surface area (Å²) in [6.45, 7) is 1.97. The first-order valence-corrected chi connectivity index (χ1v) is 8.15. The highest BCUT2D eigenvalue weighted by Crippen LogP contribution is 2.46. The average Bonchev–Trinajstić information content (AvgIpc) is 3.51. The highest BCUT2D eigenvalue weighted by Gasteiger charge is 2.38. The Hall–Kier alpha value is -2.37. The molecule has 2 fully saturated rings. The Bertz CT molecular complexity index is 781. The summed E-state index contributed by atoms with van der Waals surface area (Å²) in [4.78, 5) is 4.56. The van der Waals surface area contributed by atoms with Crippen molar-refractivity contribution in [2.75, 3.05) is 13.2 Å². The third-order valence-corrected chi connectivity index (χ3v) is 4.34. The number of benzene rings is 2. The van der Waals surface area contributed by atoms with Gasteiger partial charge in [0.1, 0.15) is 30.3 Å². The normalized spacial score (nSPS) is 26.4. The van der Waals surface area contributed by atoms with Crippen LogP contribution >= 0.6 is 0 Å². The topological polar surface area (TPSA) is 55.9 Å². The number of hydrogen-bond acceptors (Lipinski definition) is 5. The number of rotatable bonds is 5. The van der Waals surface area contributed by atoms with Crippen LogP contribution < -0.4 is 9.47 Å². The fourth-order valence-corrected chi connectivity index (χ4v) is 2.86. The fourth-order valence-electron chi connectivity index (χ4n) is 2.86. The van der Waals surface area contributed by atoms with Gasteiger partial charge < -0.3 is 18.9 Å². The van der Waals surface area contributed by atoms with Gasteiger partial charge in [0.05, 0.1) is 13.2 Å². The molecule has 0 aliphatic carbocycles. The van der Waals surface area contributed by atoms with E-state index in [1.807, 2.05) is 48.7 Å². The first-order chi connectivity index (χ1) is 11.9. The molecule has 24 heavy (non-hydrogen) atoms. The minimum Gasteiger partial charge on any atom is -0.489 e. The Morgan fingerprint density at radius 1 is 1.08 bits per heavy atom. The molecule has 0 N–H and O–H groups in total. The molecule has 5 rings (SSSR count). The van der Waals surface area contributed by atoms with Crippen LogP contribution in [0.2, 0.25) is 0 Å². The van der Waals surface area contributed by atoms with Gasteiger partial charge in [-0.05, 0) is 11.6 Å². The Morgan fingerprint density at radius 3 is 2.67 bits per heavy atom. The van der Waals surface area contributed by atoms with E-state index in [1.165, 1.54) is 0 Å². The van der Waals surface area contributed by atoms with Crippen molar-refractivity contribution < 1.29 is 18.9 Å². The van der Waals surface area contributed by atoms with Crippen LogP contribution in [0.5, 0.6) is 11.5 Å². The van der Waals surface area contributed by atoms with E-state index in [1.54, 1.807) is 0 Å². The zero-order valence-electron chi connectivity index (χ0n) is 13.1. The maximum atomic E-state index is 6.10. The third-order valence-electron chi connectivity index (χ3n) is 4.34. The van der Waals surface area contributed by atoms with Gasteiger partial charge >= 0.3 is 0 Å². The predicted octanol–water partition coefficient (Wildman–Crippen LogP) is 3.20. The minimum absolute atomic E-state index is 0.0769. The van der Waals surface area contributed by atoms with Gasteiger partial charge in [0.25, 0.3) is 0 Å². The molecule has 0 radical (unpaired) electrons. The predicted molar refractivity (Wildman–Crippen MR) is 88.2 cm³/mol. The minimum atomic E-state index is -0.105. The molecule has 0 saturated carbocycles. The molecule has 3 aliphatic heterocycles. The van der Waals surface area contributed by atoms with E-state index in [2.05, 4.69) is 4.99 Å². The molecule has 5 nitrogen and oxygen atoms in total. The summed E-state index contributed by atoms with van der Waals surface area (Å²) >= 11 is 0. The van der Waals surface area contributed by atoms with Crippen molar-refractivity contribution >= 4 is 11.9 Å². The summed E-state index contributed by atoms with van der Waals surface area (Å²) in [5.74, 6) is 1.58. The van der Waals surface area contributed by atoms with Gasteiger partial charge in [0.15, 0.2) is 11.9 Å². The van der Waals surface area contributed by atoms with Crippen LogP contribution in [0.3, 0.4) is 0 Å². The lowest BCUT2D eigenvalue weighted by Crippen LogP contribution is -2.27. The standard InChI is InChI=1S/C19H17NO4/c1-2-4-12(5-3-1)9-21-13-6-14(17-10-22-17)19-15(7-13)20-8-16(24-19)18-11-23-18/h1-8,16-18H,9-11H2/t16-,17?,18?/m1/s1. The van der Waals surface area contributed by atoms with E-state index in [0.29, 0.717) is 13.2 Å². The first-order valence-electron chi connectivity index (χ1n) is 8.15. The molecule has 2 aromatic rings. The van der Waals surface area contributed by atoms with Crippen molar-refractivity contribution in [2.24, 2.45) is 4.99 Å². The first kappa shape index (κ1) is 14.0. The van der Waals surface area contributed by atoms with Crippen LogP contribution in [-0.4, -0.2) is 31.6 Å². The van der Waals surface area contributed by atoms with Crippen molar-refractivity contribution in [1.29, 1.82) is 0 Å². The zero-order valence-corrected chi connectivity index (χ0v) is 13.1. The summed E-state index contributed by atoms with van der Waals surface area (Å²) < 4.78 is 22.8. The van der Waals surface area contributed by atoms with Crippen molar-refractivity contribution in [1.82, 2.24) is 0 Å². The number of epoxide rings is 2. The highest BCUT2D eigenvalue weighted by atomic mass is 16.6. The van der Waals surface area contributed by atoms with Crippen LogP contribution in [0.25, 0.3) is 0 Å². The van der Waals surface area contributed by atoms with Crippen molar-refractivity contribution in [3.63, 3.8) is 0 Å². The maximum absolute atomic E-state index is 6.10. The van der Waals surface area contributed by atoms with Crippen LogP contribution in [0.15, 0.2) is 47.5 Å². The largest absolute Gasteiger partial charge is 0.489 e. The molecule has 0 spiro atoms. The molecule has 0 aromatic heterocycles. The summed E-state index contributed by atoms with van der Waals surface area (Å²) in [5, 5.41) is 0. The molecule has 3 heterocycles. The van der Waals surface area contributed by atoms with Crippen molar-refractivity contribution in [2.45, 2.75) is 24.9 Å². The lowest BCUT2D eigenvalue weighted by molar-refractivity contribution is 0.213. The molecule has 3 aliphatic rings. The summed E-state index contributed by atoms with van der Waals surface area (Å²) in [6, 6.07) is 14.0. The second-order valence-electron chi connectivity index (χ2n) is 6.19. The molecule has 2 saturated heterocycles. The number of ether oxygens (including phenoxy) is 4. The quantitative estimate of drug-likeness (QED) is 0.793. The molecule has 2 unspecified atom stereocenters. The summed E-state index contributed by atoms with van der Waals surface area (Å²) in [6.07, 6.45) is 1.92. The molecule has 5 heteroatoms. The Morgan fingerprint density at radius 2 is 1.92 bits per heavy atom. The van der Waals surface area contributed by atoms with Gasteiger partial charge in [-0.15, -0.1) is 0 Å². The van der Waals surface area contributed by atoms with Gasteiger partial charge in [0.2, 0.25) is 0 Å². The van der Waals surface area contributed by atoms with E-state index in [4.69, 9.17) is 18.9 Å². The van der Waals surface area contributed by atoms with Crippen LogP contribution in [0.1, 0.15) is 17.2 Å². The molecule has 122 valence electrons. The third kappa shape index (κ3) is 2.77. The smallest absolute Gasteiger partial charge is 0.162 e. The summed E-state index contributed by atoms with van der Waals surface area (Å²) in [7, 11) is 0. The lowest BCUT2D eigenvalue weighted by Gasteiger charge is -2.22. The Kier molecular flexibility index (Phi) is 3.28. The molecule has 2 aromatic carbocycles. The monoisotopic (exact) mass is 323 g/mol. The zero-order chi connectivity index (χ0) is 15.9. The van der Waals surface area contributed by atoms with E-state index >= 15 is 0 Å². The highest BCUT2D eigenvalue weighted by molar-refractivity contribution is 5.77. The number of nitrogens with zero attached hydrogens (tertiary/aromatic N) is 1. The fraction of sp³-hybridized carbons (Fsp3) is 0.316. The average molecular weight is 323 g/mol.